The largest absolute Gasteiger partial charge is 2.00 e. The fourth-order valence-corrected chi connectivity index (χ4v) is 2.18. The standard InChI is InChI=1S/C10H8N2.2C7H6O2.Zn/c1-3-7-11-9(5-1)10-6-2-4-8-12-10;2*8-7(9)6-4-2-1-3-5-6;/h1-8H;2*1-5H,(H,8,9);/q;;;+2/p-2. The Labute approximate surface area is 193 Å². The Morgan fingerprint density at radius 1 is 0.516 bits per heavy atom. The first-order chi connectivity index (χ1) is 14.6. The summed E-state index contributed by atoms with van der Waals surface area (Å²) in [6.45, 7) is 0. The first-order valence-corrected chi connectivity index (χ1v) is 8.93. The minimum absolute atomic E-state index is 0. The second kappa shape index (κ2) is 14.3. The molecule has 31 heavy (non-hydrogen) atoms. The van der Waals surface area contributed by atoms with Gasteiger partial charge in [0.2, 0.25) is 0 Å². The van der Waals surface area contributed by atoms with Crippen LogP contribution in [0.15, 0.2) is 109 Å². The number of pyridine rings is 2. The number of hydrogen-bond acceptors (Lipinski definition) is 6. The zero-order valence-electron chi connectivity index (χ0n) is 16.6. The van der Waals surface area contributed by atoms with E-state index >= 15 is 0 Å². The van der Waals surface area contributed by atoms with Crippen molar-refractivity contribution >= 4 is 11.9 Å². The van der Waals surface area contributed by atoms with E-state index in [4.69, 9.17) is 0 Å². The molecular weight excluding hydrogens is 446 g/mol. The van der Waals surface area contributed by atoms with Crippen LogP contribution in [0.5, 0.6) is 0 Å². The molecule has 0 spiro atoms. The molecule has 0 unspecified atom stereocenters. The third kappa shape index (κ3) is 9.56. The van der Waals surface area contributed by atoms with Crippen molar-refractivity contribution in [1.82, 2.24) is 9.97 Å². The number of carbonyl (C=O) groups excluding carboxylic acids is 2. The predicted octanol–water partition coefficient (Wildman–Crippen LogP) is 2.24. The summed E-state index contributed by atoms with van der Waals surface area (Å²) in [4.78, 5) is 28.6. The Bertz CT molecular complexity index is 945. The summed E-state index contributed by atoms with van der Waals surface area (Å²) in [5, 5.41) is 20.2. The van der Waals surface area contributed by atoms with Crippen molar-refractivity contribution in [2.75, 3.05) is 0 Å². The Morgan fingerprint density at radius 3 is 1.06 bits per heavy atom. The van der Waals surface area contributed by atoms with E-state index in [1.54, 1.807) is 48.8 Å². The third-order valence-corrected chi connectivity index (χ3v) is 3.61. The predicted molar refractivity (Wildman–Crippen MR) is 109 cm³/mol. The summed E-state index contributed by atoms with van der Waals surface area (Å²) in [6.07, 6.45) is 3.54. The van der Waals surface area contributed by atoms with Gasteiger partial charge in [-0.2, -0.15) is 0 Å². The molecule has 4 aromatic rings. The molecule has 7 heteroatoms. The zero-order valence-corrected chi connectivity index (χ0v) is 19.6. The summed E-state index contributed by atoms with van der Waals surface area (Å²) < 4.78 is 0. The maximum absolute atomic E-state index is 10.1. The molecule has 6 nitrogen and oxygen atoms in total. The second-order valence-electron chi connectivity index (χ2n) is 5.74. The van der Waals surface area contributed by atoms with Gasteiger partial charge in [0, 0.05) is 12.4 Å². The van der Waals surface area contributed by atoms with Crippen molar-refractivity contribution < 1.29 is 39.3 Å². The van der Waals surface area contributed by atoms with Gasteiger partial charge in [-0.3, -0.25) is 9.97 Å². The first kappa shape index (κ1) is 25.3. The van der Waals surface area contributed by atoms with E-state index in [9.17, 15) is 19.8 Å². The van der Waals surface area contributed by atoms with Gasteiger partial charge >= 0.3 is 19.5 Å². The zero-order chi connectivity index (χ0) is 21.6. The fraction of sp³-hybridized carbons (Fsp3) is 0. The molecule has 0 atom stereocenters. The Morgan fingerprint density at radius 2 is 0.839 bits per heavy atom. The number of aromatic nitrogens is 2. The molecule has 0 radical (unpaired) electrons. The van der Waals surface area contributed by atoms with Gasteiger partial charge in [-0.15, -0.1) is 0 Å². The molecular formula is C24H18N2O4Zn. The molecule has 0 aliphatic carbocycles. The Balaban J connectivity index is 0.000000233. The summed E-state index contributed by atoms with van der Waals surface area (Å²) in [5.41, 5.74) is 2.27. The van der Waals surface area contributed by atoms with Crippen molar-refractivity contribution in [3.63, 3.8) is 0 Å². The number of hydrogen-bond donors (Lipinski definition) is 0. The molecule has 2 aromatic heterocycles. The quantitative estimate of drug-likeness (QED) is 0.431. The molecule has 0 saturated carbocycles. The van der Waals surface area contributed by atoms with Crippen molar-refractivity contribution in [3.05, 3.63) is 121 Å². The minimum Gasteiger partial charge on any atom is -0.545 e. The van der Waals surface area contributed by atoms with E-state index in [1.807, 2.05) is 36.4 Å². The van der Waals surface area contributed by atoms with Gasteiger partial charge in [-0.1, -0.05) is 72.8 Å². The molecule has 0 fully saturated rings. The topological polar surface area (TPSA) is 106 Å². The van der Waals surface area contributed by atoms with Crippen LogP contribution < -0.4 is 10.2 Å². The van der Waals surface area contributed by atoms with E-state index in [0.717, 1.165) is 11.4 Å². The SMILES string of the molecule is O=C([O-])c1ccccc1.O=C([O-])c1ccccc1.[Zn+2].c1ccc(-c2ccccn2)nc1. The van der Waals surface area contributed by atoms with E-state index < -0.39 is 11.9 Å². The number of aromatic carboxylic acids is 2. The van der Waals surface area contributed by atoms with Crippen LogP contribution in [-0.4, -0.2) is 21.9 Å². The van der Waals surface area contributed by atoms with Crippen LogP contribution in [0.25, 0.3) is 11.4 Å². The molecule has 0 aliphatic heterocycles. The molecule has 0 amide bonds. The van der Waals surface area contributed by atoms with Crippen LogP contribution in [-0.2, 0) is 19.5 Å². The van der Waals surface area contributed by atoms with E-state index in [1.165, 1.54) is 24.3 Å². The van der Waals surface area contributed by atoms with Gasteiger partial charge in [0.15, 0.2) is 0 Å². The first-order valence-electron chi connectivity index (χ1n) is 8.93. The van der Waals surface area contributed by atoms with Crippen LogP contribution >= 0.6 is 0 Å². The number of nitrogens with zero attached hydrogens (tertiary/aromatic N) is 2. The molecule has 2 heterocycles. The number of carboxylic acid groups (broad SMARTS) is 2. The van der Waals surface area contributed by atoms with Crippen LogP contribution in [0, 0.1) is 0 Å². The summed E-state index contributed by atoms with van der Waals surface area (Å²) >= 11 is 0. The normalized spacial score (nSPS) is 8.90. The molecule has 4 rings (SSSR count). The van der Waals surface area contributed by atoms with Crippen molar-refractivity contribution in [2.45, 2.75) is 0 Å². The minimum atomic E-state index is -1.13. The molecule has 150 valence electrons. The maximum Gasteiger partial charge on any atom is 2.00 e. The summed E-state index contributed by atoms with van der Waals surface area (Å²) in [7, 11) is 0. The van der Waals surface area contributed by atoms with Crippen LogP contribution in [0.1, 0.15) is 20.7 Å². The average Bonchev–Trinajstić information content (AvgIpc) is 2.82. The molecule has 0 saturated heterocycles. The van der Waals surface area contributed by atoms with Crippen molar-refractivity contribution in [3.8, 4) is 11.4 Å². The van der Waals surface area contributed by atoms with Crippen LogP contribution in [0.4, 0.5) is 0 Å². The van der Waals surface area contributed by atoms with Gasteiger partial charge in [0.25, 0.3) is 0 Å². The fourth-order valence-electron chi connectivity index (χ4n) is 2.18. The Hall–Kier alpha value is -3.70. The molecule has 0 aliphatic rings. The van der Waals surface area contributed by atoms with Gasteiger partial charge in [-0.25, -0.2) is 0 Å². The van der Waals surface area contributed by atoms with Crippen LogP contribution in [0.3, 0.4) is 0 Å². The number of carboxylic acids is 2. The maximum atomic E-state index is 10.1. The molecule has 0 N–H and O–H groups in total. The monoisotopic (exact) mass is 462 g/mol. The van der Waals surface area contributed by atoms with E-state index in [0.29, 0.717) is 0 Å². The smallest absolute Gasteiger partial charge is 0.545 e. The van der Waals surface area contributed by atoms with E-state index in [2.05, 4.69) is 9.97 Å². The molecule has 2 aromatic carbocycles. The molecule has 0 bridgehead atoms. The van der Waals surface area contributed by atoms with Gasteiger partial charge < -0.3 is 19.8 Å². The van der Waals surface area contributed by atoms with Gasteiger partial charge in [-0.05, 0) is 35.4 Å². The number of benzene rings is 2. The van der Waals surface area contributed by atoms with Gasteiger partial charge in [0.1, 0.15) is 0 Å². The summed E-state index contributed by atoms with van der Waals surface area (Å²) in [5.74, 6) is -2.26. The van der Waals surface area contributed by atoms with E-state index in [-0.39, 0.29) is 30.6 Å². The Kier molecular flexibility index (Phi) is 11.7. The second-order valence-corrected chi connectivity index (χ2v) is 5.74. The van der Waals surface area contributed by atoms with Crippen molar-refractivity contribution in [2.24, 2.45) is 0 Å². The third-order valence-electron chi connectivity index (χ3n) is 3.61. The average molecular weight is 464 g/mol. The van der Waals surface area contributed by atoms with Crippen LogP contribution in [0.2, 0.25) is 0 Å². The number of carbonyl (C=O) groups is 2. The summed E-state index contributed by atoms with van der Waals surface area (Å²) in [6, 6.07) is 27.7. The van der Waals surface area contributed by atoms with Gasteiger partial charge in [0.05, 0.1) is 23.3 Å². The van der Waals surface area contributed by atoms with Crippen molar-refractivity contribution in [1.29, 1.82) is 0 Å². The number of rotatable bonds is 3.